The first kappa shape index (κ1) is 36.9. The zero-order chi connectivity index (χ0) is 33.1. The second-order valence-corrected chi connectivity index (χ2v) is 16.2. The van der Waals surface area contributed by atoms with E-state index < -0.39 is 0 Å². The van der Waals surface area contributed by atoms with Gasteiger partial charge in [-0.1, -0.05) is 181 Å². The molecule has 0 bridgehead atoms. The molecular weight excluding hydrogens is 788 g/mol. The Kier molecular flexibility index (Phi) is 13.3. The normalized spacial score (nSPS) is 11.9. The van der Waals surface area contributed by atoms with E-state index >= 15 is 0 Å². The monoisotopic (exact) mass is 814 g/mol. The third-order valence-corrected chi connectivity index (χ3v) is 13.2. The molecule has 0 atom stereocenters. The molecule has 0 amide bonds. The molecule has 0 radical (unpaired) electrons. The number of fused-ring (bicyclic) bond motifs is 3. The highest BCUT2D eigenvalue weighted by molar-refractivity contribution is 7.15. The number of nitrogens with zero attached hydrogens (tertiary/aromatic N) is 4. The number of benzene rings is 3. The van der Waals surface area contributed by atoms with Crippen molar-refractivity contribution in [3.05, 3.63) is 50.2 Å². The fourth-order valence-corrected chi connectivity index (χ4v) is 10.2. The molecule has 2 heterocycles. The highest BCUT2D eigenvalue weighted by Crippen LogP contribution is 2.57. The van der Waals surface area contributed by atoms with E-state index in [2.05, 4.69) is 34.2 Å². The number of rotatable bonds is 14. The first-order valence-corrected chi connectivity index (χ1v) is 19.9. The lowest BCUT2D eigenvalue weighted by Crippen LogP contribution is -1.94. The Balaban J connectivity index is 1.63. The molecule has 246 valence electrons. The highest BCUT2D eigenvalue weighted by Gasteiger charge is 2.30. The van der Waals surface area contributed by atoms with E-state index in [0.29, 0.717) is 42.7 Å². The molecule has 0 aliphatic rings. The minimum Gasteiger partial charge on any atom is -0.143 e. The van der Waals surface area contributed by atoms with Crippen LogP contribution < -0.4 is 0 Å². The van der Waals surface area contributed by atoms with Gasteiger partial charge in [0, 0.05) is 34.4 Å². The largest absolute Gasteiger partial charge is 0.150 e. The molecule has 0 saturated carbocycles. The smallest absolute Gasteiger partial charge is 0.143 e. The molecule has 4 nitrogen and oxygen atoms in total. The van der Waals surface area contributed by atoms with Gasteiger partial charge in [-0.3, -0.25) is 0 Å². The average molecular weight is 818 g/mol. The number of aromatic nitrogens is 4. The number of hydrogen-bond acceptors (Lipinski definition) is 6. The maximum absolute atomic E-state index is 7.17. The lowest BCUT2D eigenvalue weighted by Gasteiger charge is -2.19. The fraction of sp³-hybridized carbons (Fsp3) is 0.438. The Morgan fingerprint density at radius 3 is 1.20 bits per heavy atom. The maximum Gasteiger partial charge on any atom is 0.150 e. The van der Waals surface area contributed by atoms with E-state index in [1.165, 1.54) is 61.2 Å². The van der Waals surface area contributed by atoms with Gasteiger partial charge in [0.2, 0.25) is 0 Å². The second kappa shape index (κ2) is 16.6. The van der Waals surface area contributed by atoms with Crippen molar-refractivity contribution < 1.29 is 0 Å². The molecule has 2 aromatic heterocycles. The summed E-state index contributed by atoms with van der Waals surface area (Å²) in [5, 5.41) is 23.4. The first-order chi connectivity index (χ1) is 22.1. The summed E-state index contributed by atoms with van der Waals surface area (Å²) >= 11 is 58.7. The van der Waals surface area contributed by atoms with E-state index in [9.17, 15) is 0 Å². The molecule has 3 aromatic carbocycles. The van der Waals surface area contributed by atoms with Gasteiger partial charge >= 0.3 is 0 Å². The van der Waals surface area contributed by atoms with Crippen molar-refractivity contribution >= 4 is 137 Å². The van der Waals surface area contributed by atoms with Crippen LogP contribution in [0.5, 0.6) is 0 Å². The minimum absolute atomic E-state index is 0.130. The van der Waals surface area contributed by atoms with Crippen LogP contribution in [0.25, 0.3) is 42.7 Å². The number of aryl methyl sites for hydroxylation is 2. The van der Waals surface area contributed by atoms with Gasteiger partial charge in [-0.05, 0) is 12.8 Å². The predicted molar refractivity (Wildman–Crippen MR) is 204 cm³/mol. The van der Waals surface area contributed by atoms with E-state index in [1.54, 1.807) is 0 Å². The van der Waals surface area contributed by atoms with E-state index in [-0.39, 0.29) is 40.2 Å². The average Bonchev–Trinajstić information content (AvgIpc) is 3.70. The molecule has 0 unspecified atom stereocenters. The van der Waals surface area contributed by atoms with Crippen LogP contribution in [-0.4, -0.2) is 20.4 Å². The summed E-state index contributed by atoms with van der Waals surface area (Å²) in [5.74, 6) is 0. The zero-order valence-corrected chi connectivity index (χ0v) is 32.8. The Labute approximate surface area is 317 Å². The molecule has 46 heavy (non-hydrogen) atoms. The summed E-state index contributed by atoms with van der Waals surface area (Å²) in [6.07, 6.45) is 13.2. The van der Waals surface area contributed by atoms with Crippen LogP contribution in [0.1, 0.15) is 88.1 Å². The highest BCUT2D eigenvalue weighted by atomic mass is 35.5. The van der Waals surface area contributed by atoms with Crippen LogP contribution in [0.4, 0.5) is 0 Å². The molecular formula is C32H30Cl8N4S2. The Hall–Kier alpha value is -0.380. The van der Waals surface area contributed by atoms with Crippen LogP contribution in [0, 0.1) is 0 Å². The van der Waals surface area contributed by atoms with Gasteiger partial charge in [0.15, 0.2) is 10.0 Å². The van der Waals surface area contributed by atoms with Crippen LogP contribution >= 0.6 is 115 Å². The summed E-state index contributed by atoms with van der Waals surface area (Å²) in [6, 6.07) is 0. The van der Waals surface area contributed by atoms with Gasteiger partial charge in [-0.15, -0.1) is 20.4 Å². The van der Waals surface area contributed by atoms with Crippen molar-refractivity contribution in [3.63, 3.8) is 0 Å². The van der Waals surface area contributed by atoms with Crippen LogP contribution in [0.15, 0.2) is 0 Å². The summed E-state index contributed by atoms with van der Waals surface area (Å²) < 4.78 is 0. The van der Waals surface area contributed by atoms with Crippen molar-refractivity contribution in [2.75, 3.05) is 0 Å². The van der Waals surface area contributed by atoms with Gasteiger partial charge in [0.25, 0.3) is 0 Å². The van der Waals surface area contributed by atoms with Crippen molar-refractivity contribution in [2.24, 2.45) is 0 Å². The van der Waals surface area contributed by atoms with Crippen molar-refractivity contribution in [1.82, 2.24) is 20.4 Å². The first-order valence-electron chi connectivity index (χ1n) is 15.2. The van der Waals surface area contributed by atoms with Gasteiger partial charge in [0.1, 0.15) is 10.0 Å². The van der Waals surface area contributed by atoms with E-state index in [1.807, 2.05) is 0 Å². The summed E-state index contributed by atoms with van der Waals surface area (Å²) in [6.45, 7) is 4.39. The summed E-state index contributed by atoms with van der Waals surface area (Å²) in [5.41, 5.74) is 0.854. The molecule has 0 spiro atoms. The maximum atomic E-state index is 7.17. The Morgan fingerprint density at radius 1 is 0.391 bits per heavy atom. The van der Waals surface area contributed by atoms with Gasteiger partial charge < -0.3 is 0 Å². The predicted octanol–water partition coefficient (Wildman–Crippen LogP) is 15.3. The molecule has 0 aliphatic heterocycles. The van der Waals surface area contributed by atoms with Gasteiger partial charge in [-0.2, -0.15) is 0 Å². The van der Waals surface area contributed by atoms with E-state index in [0.717, 1.165) is 48.5 Å². The Morgan fingerprint density at radius 2 is 0.739 bits per heavy atom. The molecule has 14 heteroatoms. The fourth-order valence-electron chi connectivity index (χ4n) is 5.47. The minimum atomic E-state index is 0.130. The third-order valence-electron chi connectivity index (χ3n) is 7.87. The molecule has 0 aliphatic carbocycles. The standard InChI is InChI=1S/C32H30Cl8N4S2/c1-3-5-7-9-11-13-15-41-43-31(45-15)21-23(33)17-18-19(26(36)27(37)20(17)28(38)30(21)40)24(34)22(29(39)25(18)35)32-44-42-16(46-32)14-12-10-8-6-4-2/h3-14H2,1-2H3. The zero-order valence-electron chi connectivity index (χ0n) is 25.1. The Bertz CT molecular complexity index is 1890. The summed E-state index contributed by atoms with van der Waals surface area (Å²) in [4.78, 5) is 0. The van der Waals surface area contributed by atoms with Gasteiger partial charge in [0.05, 0.1) is 51.3 Å². The molecule has 5 rings (SSSR count). The number of unbranched alkanes of at least 4 members (excludes halogenated alkanes) is 8. The number of halogens is 8. The van der Waals surface area contributed by atoms with Gasteiger partial charge in [-0.25, -0.2) is 0 Å². The molecule has 0 saturated heterocycles. The molecule has 5 aromatic rings. The topological polar surface area (TPSA) is 51.6 Å². The van der Waals surface area contributed by atoms with Crippen LogP contribution in [-0.2, 0) is 12.8 Å². The number of hydrogen-bond donors (Lipinski definition) is 0. The van der Waals surface area contributed by atoms with Crippen molar-refractivity contribution in [1.29, 1.82) is 0 Å². The molecule has 0 fully saturated rings. The molecule has 0 N–H and O–H groups in total. The summed E-state index contributed by atoms with van der Waals surface area (Å²) in [7, 11) is 0. The lowest BCUT2D eigenvalue weighted by atomic mass is 9.97. The lowest BCUT2D eigenvalue weighted by molar-refractivity contribution is 0.630. The van der Waals surface area contributed by atoms with Crippen molar-refractivity contribution in [3.8, 4) is 21.1 Å². The third kappa shape index (κ3) is 7.38. The van der Waals surface area contributed by atoms with Crippen LogP contribution in [0.3, 0.4) is 0 Å². The van der Waals surface area contributed by atoms with Crippen LogP contribution in [0.2, 0.25) is 40.2 Å². The second-order valence-electron chi connectivity index (χ2n) is 11.1. The van der Waals surface area contributed by atoms with E-state index in [4.69, 9.17) is 92.8 Å². The quantitative estimate of drug-likeness (QED) is 0.0636. The SMILES string of the molecule is CCCCCCCc1nnc(-c2c(Cl)c(Cl)c3c(c2Cl)c(Cl)c(Cl)c2c(Cl)c(Cl)c(-c4nnc(CCCCCCC)s4)c(Cl)c23)s1. The van der Waals surface area contributed by atoms with Crippen molar-refractivity contribution in [2.45, 2.75) is 90.9 Å².